The number of aromatic nitrogens is 1. The Balaban J connectivity index is 2.10. The van der Waals surface area contributed by atoms with E-state index in [1.165, 1.54) is 0 Å². The van der Waals surface area contributed by atoms with Gasteiger partial charge >= 0.3 is 0 Å². The second-order valence-corrected chi connectivity index (χ2v) is 5.66. The van der Waals surface area contributed by atoms with Crippen molar-refractivity contribution in [1.82, 2.24) is 14.8 Å². The normalized spacial score (nSPS) is 12.2. The number of carbonyl (C=O) groups excluding carboxylic acids is 1. The topological polar surface area (TPSA) is 46.5 Å². The molecule has 1 aromatic carbocycles. The van der Waals surface area contributed by atoms with Crippen LogP contribution in [-0.4, -0.2) is 42.6 Å². The first-order valence-electron chi connectivity index (χ1n) is 7.82. The van der Waals surface area contributed by atoms with Gasteiger partial charge in [0, 0.05) is 25.5 Å². The number of hydrogen-bond donors (Lipinski definition) is 1. The second kappa shape index (κ2) is 7.83. The van der Waals surface area contributed by atoms with Crippen molar-refractivity contribution in [3.8, 4) is 5.75 Å². The van der Waals surface area contributed by atoms with E-state index in [9.17, 15) is 4.79 Å². The molecular formula is C18H25N3O2. The minimum Gasteiger partial charge on any atom is -0.493 e. The zero-order chi connectivity index (χ0) is 16.8. The second-order valence-electron chi connectivity index (χ2n) is 5.66. The summed E-state index contributed by atoms with van der Waals surface area (Å²) in [4.78, 5) is 14.6. The molecule has 1 heterocycles. The summed E-state index contributed by atoms with van der Waals surface area (Å²) in [6.45, 7) is 2.98. The Bertz CT molecular complexity index is 649. The van der Waals surface area contributed by atoms with E-state index < -0.39 is 0 Å². The molecule has 1 unspecified atom stereocenters. The number of amides is 1. The molecule has 0 aliphatic rings. The molecule has 0 fully saturated rings. The standard InChI is InChI=1S/C18H25N3O2/c1-5-23-17-11-7-6-9-14(17)18(22)19-13-16(20(2)3)15-10-8-12-21(15)4/h6-12,16H,5,13H2,1-4H3,(H,19,22). The molecule has 0 bridgehead atoms. The van der Waals surface area contributed by atoms with Crippen LogP contribution in [0.5, 0.6) is 5.75 Å². The molecule has 1 N–H and O–H groups in total. The zero-order valence-electron chi connectivity index (χ0n) is 14.2. The van der Waals surface area contributed by atoms with Crippen molar-refractivity contribution in [3.05, 3.63) is 53.9 Å². The van der Waals surface area contributed by atoms with E-state index in [1.807, 2.05) is 58.5 Å². The van der Waals surface area contributed by atoms with Gasteiger partial charge in [-0.1, -0.05) is 12.1 Å². The zero-order valence-corrected chi connectivity index (χ0v) is 14.2. The highest BCUT2D eigenvalue weighted by molar-refractivity contribution is 5.96. The van der Waals surface area contributed by atoms with Crippen LogP contribution in [0.3, 0.4) is 0 Å². The minimum atomic E-state index is -0.116. The van der Waals surface area contributed by atoms with E-state index in [-0.39, 0.29) is 11.9 Å². The molecule has 0 aliphatic carbocycles. The number of rotatable bonds is 7. The first kappa shape index (κ1) is 17.1. The van der Waals surface area contributed by atoms with Crippen molar-refractivity contribution in [2.45, 2.75) is 13.0 Å². The molecule has 1 aromatic heterocycles. The van der Waals surface area contributed by atoms with Gasteiger partial charge in [-0.25, -0.2) is 0 Å². The Morgan fingerprint density at radius 2 is 2.00 bits per heavy atom. The third-order valence-electron chi connectivity index (χ3n) is 3.84. The maximum atomic E-state index is 12.5. The lowest BCUT2D eigenvalue weighted by Gasteiger charge is -2.25. The predicted molar refractivity (Wildman–Crippen MR) is 91.8 cm³/mol. The van der Waals surface area contributed by atoms with Crippen molar-refractivity contribution in [2.75, 3.05) is 27.2 Å². The summed E-state index contributed by atoms with van der Waals surface area (Å²) in [7, 11) is 6.04. The lowest BCUT2D eigenvalue weighted by atomic mass is 10.1. The van der Waals surface area contributed by atoms with Gasteiger partial charge in [-0.05, 0) is 45.3 Å². The molecule has 0 aliphatic heterocycles. The number of aryl methyl sites for hydroxylation is 1. The Hall–Kier alpha value is -2.27. The van der Waals surface area contributed by atoms with Crippen molar-refractivity contribution >= 4 is 5.91 Å². The molecular weight excluding hydrogens is 290 g/mol. The molecule has 0 spiro atoms. The van der Waals surface area contributed by atoms with Crippen LogP contribution < -0.4 is 10.1 Å². The number of nitrogens with zero attached hydrogens (tertiary/aromatic N) is 2. The van der Waals surface area contributed by atoms with Gasteiger partial charge in [0.1, 0.15) is 5.75 Å². The molecule has 5 heteroatoms. The van der Waals surface area contributed by atoms with Gasteiger partial charge < -0.3 is 14.6 Å². The SMILES string of the molecule is CCOc1ccccc1C(=O)NCC(c1cccn1C)N(C)C. The van der Waals surface area contributed by atoms with Gasteiger partial charge in [0.2, 0.25) is 0 Å². The van der Waals surface area contributed by atoms with Gasteiger partial charge in [-0.3, -0.25) is 9.69 Å². The monoisotopic (exact) mass is 315 g/mol. The maximum Gasteiger partial charge on any atom is 0.255 e. The summed E-state index contributed by atoms with van der Waals surface area (Å²) in [5.41, 5.74) is 1.73. The number of benzene rings is 1. The summed E-state index contributed by atoms with van der Waals surface area (Å²) < 4.78 is 7.60. The summed E-state index contributed by atoms with van der Waals surface area (Å²) in [5, 5.41) is 3.02. The van der Waals surface area contributed by atoms with Crippen LogP contribution in [0.1, 0.15) is 29.0 Å². The lowest BCUT2D eigenvalue weighted by Crippen LogP contribution is -2.35. The summed E-state index contributed by atoms with van der Waals surface area (Å²) in [5.74, 6) is 0.503. The Morgan fingerprint density at radius 1 is 1.26 bits per heavy atom. The van der Waals surface area contributed by atoms with E-state index in [2.05, 4.69) is 20.9 Å². The molecule has 23 heavy (non-hydrogen) atoms. The quantitative estimate of drug-likeness (QED) is 0.854. The molecule has 0 saturated heterocycles. The number of ether oxygens (including phenoxy) is 1. The van der Waals surface area contributed by atoms with Crippen molar-refractivity contribution < 1.29 is 9.53 Å². The van der Waals surface area contributed by atoms with Crippen LogP contribution >= 0.6 is 0 Å². The largest absolute Gasteiger partial charge is 0.493 e. The number of para-hydroxylation sites is 1. The number of nitrogens with one attached hydrogen (secondary N) is 1. The smallest absolute Gasteiger partial charge is 0.255 e. The third-order valence-corrected chi connectivity index (χ3v) is 3.84. The Labute approximate surface area is 137 Å². The first-order valence-corrected chi connectivity index (χ1v) is 7.82. The molecule has 5 nitrogen and oxygen atoms in total. The van der Waals surface area contributed by atoms with Crippen LogP contribution in [-0.2, 0) is 7.05 Å². The fourth-order valence-corrected chi connectivity index (χ4v) is 2.59. The summed E-state index contributed by atoms with van der Waals surface area (Å²) in [6, 6.07) is 11.5. The highest BCUT2D eigenvalue weighted by Crippen LogP contribution is 2.20. The number of likely N-dealkylation sites (N-methyl/N-ethyl adjacent to an activating group) is 1. The van der Waals surface area contributed by atoms with E-state index in [1.54, 1.807) is 6.07 Å². The van der Waals surface area contributed by atoms with E-state index in [0.29, 0.717) is 24.5 Å². The van der Waals surface area contributed by atoms with Crippen LogP contribution in [0.4, 0.5) is 0 Å². The van der Waals surface area contributed by atoms with Gasteiger partial charge in [0.05, 0.1) is 18.2 Å². The van der Waals surface area contributed by atoms with Gasteiger partial charge in [-0.2, -0.15) is 0 Å². The Kier molecular flexibility index (Phi) is 5.82. The van der Waals surface area contributed by atoms with Crippen molar-refractivity contribution in [3.63, 3.8) is 0 Å². The van der Waals surface area contributed by atoms with Gasteiger partial charge in [0.15, 0.2) is 0 Å². The predicted octanol–water partition coefficient (Wildman–Crippen LogP) is 2.46. The van der Waals surface area contributed by atoms with Crippen LogP contribution in [0.2, 0.25) is 0 Å². The van der Waals surface area contributed by atoms with E-state index in [0.717, 1.165) is 5.69 Å². The highest BCUT2D eigenvalue weighted by Gasteiger charge is 2.19. The average molecular weight is 315 g/mol. The van der Waals surface area contributed by atoms with Crippen LogP contribution in [0.15, 0.2) is 42.6 Å². The van der Waals surface area contributed by atoms with Crippen LogP contribution in [0.25, 0.3) is 0 Å². The van der Waals surface area contributed by atoms with Gasteiger partial charge in [0.25, 0.3) is 5.91 Å². The third kappa shape index (κ3) is 4.13. The minimum absolute atomic E-state index is 0.109. The first-order chi connectivity index (χ1) is 11.0. The number of carbonyl (C=O) groups is 1. The van der Waals surface area contributed by atoms with Gasteiger partial charge in [-0.15, -0.1) is 0 Å². The summed E-state index contributed by atoms with van der Waals surface area (Å²) in [6.07, 6.45) is 2.01. The van der Waals surface area contributed by atoms with Crippen molar-refractivity contribution in [2.24, 2.45) is 7.05 Å². The molecule has 1 atom stereocenters. The van der Waals surface area contributed by atoms with Crippen LogP contribution in [0, 0.1) is 0 Å². The Morgan fingerprint density at radius 3 is 2.61 bits per heavy atom. The highest BCUT2D eigenvalue weighted by atomic mass is 16.5. The molecule has 124 valence electrons. The van der Waals surface area contributed by atoms with E-state index >= 15 is 0 Å². The molecule has 2 rings (SSSR count). The molecule has 2 aromatic rings. The molecule has 0 saturated carbocycles. The number of hydrogen-bond acceptors (Lipinski definition) is 3. The lowest BCUT2D eigenvalue weighted by molar-refractivity contribution is 0.0937. The maximum absolute atomic E-state index is 12.5. The molecule has 1 amide bonds. The van der Waals surface area contributed by atoms with Crippen molar-refractivity contribution in [1.29, 1.82) is 0 Å². The summed E-state index contributed by atoms with van der Waals surface area (Å²) >= 11 is 0. The fraction of sp³-hybridized carbons (Fsp3) is 0.389. The fourth-order valence-electron chi connectivity index (χ4n) is 2.59. The van der Waals surface area contributed by atoms with E-state index in [4.69, 9.17) is 4.74 Å². The molecule has 0 radical (unpaired) electrons. The average Bonchev–Trinajstić information content (AvgIpc) is 2.94.